The fourth-order valence-corrected chi connectivity index (χ4v) is 12.0. The first-order valence-corrected chi connectivity index (χ1v) is 17.4. The fourth-order valence-electron chi connectivity index (χ4n) is 6.60. The highest BCUT2D eigenvalue weighted by atomic mass is 35.5. The predicted molar refractivity (Wildman–Crippen MR) is 175 cm³/mol. The molecule has 2 aromatic carbocycles. The van der Waals surface area contributed by atoms with Gasteiger partial charge in [-0.3, -0.25) is 0 Å². The van der Waals surface area contributed by atoms with E-state index in [4.69, 9.17) is 26.1 Å². The van der Waals surface area contributed by atoms with Crippen molar-refractivity contribution in [3.63, 3.8) is 0 Å². The van der Waals surface area contributed by atoms with E-state index in [-0.39, 0.29) is 11.9 Å². The summed E-state index contributed by atoms with van der Waals surface area (Å²) in [6.07, 6.45) is 2.57. The van der Waals surface area contributed by atoms with Crippen LogP contribution in [0, 0.1) is 23.1 Å². The van der Waals surface area contributed by atoms with E-state index in [0.717, 1.165) is 24.9 Å². The van der Waals surface area contributed by atoms with E-state index in [1.165, 1.54) is 6.07 Å². The first-order valence-electron chi connectivity index (χ1n) is 14.8. The lowest BCUT2D eigenvalue weighted by atomic mass is 9.95. The van der Waals surface area contributed by atoms with Crippen molar-refractivity contribution < 1.29 is 18.3 Å². The van der Waals surface area contributed by atoms with Crippen molar-refractivity contribution in [2.45, 2.75) is 64.6 Å². The van der Waals surface area contributed by atoms with Crippen molar-refractivity contribution in [3.05, 3.63) is 58.9 Å². The highest BCUT2D eigenvalue weighted by Crippen LogP contribution is 2.42. The average Bonchev–Trinajstić information content (AvgIpc) is 2.93. The van der Waals surface area contributed by atoms with Gasteiger partial charge >= 0.3 is 0 Å². The van der Waals surface area contributed by atoms with Gasteiger partial charge in [0.15, 0.2) is 17.8 Å². The second kappa shape index (κ2) is 12.4. The number of anilines is 1. The molecule has 226 valence electrons. The van der Waals surface area contributed by atoms with Crippen LogP contribution in [0.4, 0.5) is 14.6 Å². The van der Waals surface area contributed by atoms with Crippen molar-refractivity contribution >= 4 is 47.0 Å². The maximum Gasteiger partial charge on any atom is 0.188 e. The smallest absolute Gasteiger partial charge is 0.188 e. The summed E-state index contributed by atoms with van der Waals surface area (Å²) in [4.78, 5) is 11.2. The topological polar surface area (TPSA) is 47.5 Å². The number of benzene rings is 2. The molecule has 5 rings (SSSR count). The molecule has 0 spiro atoms. The number of hydrogen-bond acceptors (Lipinski definition) is 5. The number of nitrogens with zero attached hydrogens (tertiary/aromatic N) is 3. The van der Waals surface area contributed by atoms with Crippen molar-refractivity contribution in [1.82, 2.24) is 9.97 Å². The maximum atomic E-state index is 15.9. The molecule has 0 unspecified atom stereocenters. The molecule has 1 aliphatic heterocycles. The van der Waals surface area contributed by atoms with Gasteiger partial charge in [0.1, 0.15) is 25.5 Å². The molecule has 0 radical (unpaired) electrons. The number of rotatable bonds is 8. The van der Waals surface area contributed by atoms with Gasteiger partial charge in [-0.1, -0.05) is 65.1 Å². The van der Waals surface area contributed by atoms with Gasteiger partial charge in [0.05, 0.1) is 11.3 Å². The summed E-state index contributed by atoms with van der Waals surface area (Å²) in [5, 5.41) is 2.02. The lowest BCUT2D eigenvalue weighted by Crippen LogP contribution is -2.43. The molecule has 9 heteroatoms. The molecule has 4 aromatic rings. The SMILES string of the molecule is COCOc1cc(-c2cc3c(F)c(Cl)ncc3c(N3CCC3)n2)c2c(C#C[Si](C(C)C)(C(C)C)C(C)C)c(F)ccc2c1. The van der Waals surface area contributed by atoms with Crippen LogP contribution in [-0.4, -0.2) is 45.0 Å². The Balaban J connectivity index is 1.86. The lowest BCUT2D eigenvalue weighted by Gasteiger charge is -2.38. The Bertz CT molecular complexity index is 1720. The molecule has 1 aliphatic rings. The molecule has 0 N–H and O–H groups in total. The van der Waals surface area contributed by atoms with Gasteiger partial charge in [0, 0.05) is 48.1 Å². The molecule has 0 amide bonds. The Labute approximate surface area is 258 Å². The van der Waals surface area contributed by atoms with Crippen LogP contribution in [0.3, 0.4) is 0 Å². The van der Waals surface area contributed by atoms with E-state index in [9.17, 15) is 0 Å². The third kappa shape index (κ3) is 5.59. The lowest BCUT2D eigenvalue weighted by molar-refractivity contribution is 0.0512. The van der Waals surface area contributed by atoms with Crippen LogP contribution in [0.5, 0.6) is 5.75 Å². The Hall–Kier alpha value is -3.25. The molecule has 5 nitrogen and oxygen atoms in total. The number of halogens is 3. The van der Waals surface area contributed by atoms with Crippen LogP contribution in [0.1, 0.15) is 53.5 Å². The summed E-state index contributed by atoms with van der Waals surface area (Å²) in [5.41, 5.74) is 6.21. The summed E-state index contributed by atoms with van der Waals surface area (Å²) in [6.45, 7) is 15.0. The molecule has 0 saturated carbocycles. The summed E-state index contributed by atoms with van der Waals surface area (Å²) < 4.78 is 42.4. The molecule has 3 heterocycles. The molecule has 43 heavy (non-hydrogen) atoms. The zero-order valence-corrected chi connectivity index (χ0v) is 27.6. The zero-order chi connectivity index (χ0) is 31.1. The van der Waals surface area contributed by atoms with Gasteiger partial charge < -0.3 is 14.4 Å². The van der Waals surface area contributed by atoms with Crippen LogP contribution in [0.25, 0.3) is 32.8 Å². The Morgan fingerprint density at radius 1 is 1.00 bits per heavy atom. The maximum absolute atomic E-state index is 15.9. The van der Waals surface area contributed by atoms with Crippen molar-refractivity contribution in [3.8, 4) is 28.5 Å². The van der Waals surface area contributed by atoms with Crippen LogP contribution in [0.15, 0.2) is 36.5 Å². The van der Waals surface area contributed by atoms with E-state index < -0.39 is 19.7 Å². The molecule has 0 atom stereocenters. The Kier molecular flexibility index (Phi) is 8.99. The average molecular weight is 622 g/mol. The quantitative estimate of drug-likeness (QED) is 0.0850. The summed E-state index contributed by atoms with van der Waals surface area (Å²) >= 11 is 6.13. The third-order valence-electron chi connectivity index (χ3n) is 8.85. The number of fused-ring (bicyclic) bond motifs is 2. The molecule has 1 fully saturated rings. The highest BCUT2D eigenvalue weighted by molar-refractivity contribution is 6.90. The van der Waals surface area contributed by atoms with Gasteiger partial charge in [-0.05, 0) is 52.7 Å². The second-order valence-corrected chi connectivity index (χ2v) is 18.1. The molecule has 0 bridgehead atoms. The summed E-state index contributed by atoms with van der Waals surface area (Å²) in [5.74, 6) is 3.47. The highest BCUT2D eigenvalue weighted by Gasteiger charge is 2.41. The van der Waals surface area contributed by atoms with E-state index >= 15 is 8.78 Å². The Morgan fingerprint density at radius 2 is 1.70 bits per heavy atom. The normalized spacial score (nSPS) is 13.7. The summed E-state index contributed by atoms with van der Waals surface area (Å²) in [7, 11) is -0.634. The molecular formula is C34H38ClF2N3O2Si. The molecular weight excluding hydrogens is 584 g/mol. The zero-order valence-electron chi connectivity index (χ0n) is 25.8. The van der Waals surface area contributed by atoms with Gasteiger partial charge in [-0.15, -0.1) is 5.54 Å². The number of pyridine rings is 2. The van der Waals surface area contributed by atoms with Crippen molar-refractivity contribution in [2.75, 3.05) is 31.9 Å². The minimum absolute atomic E-state index is 0.0319. The first-order chi connectivity index (χ1) is 20.5. The second-order valence-electron chi connectivity index (χ2n) is 12.2. The van der Waals surface area contributed by atoms with Gasteiger partial charge in [-0.25, -0.2) is 18.7 Å². The van der Waals surface area contributed by atoms with E-state index in [2.05, 4.69) is 62.9 Å². The molecule has 1 saturated heterocycles. The summed E-state index contributed by atoms with van der Waals surface area (Å²) in [6, 6.07) is 8.48. The number of hydrogen-bond donors (Lipinski definition) is 0. The number of aromatic nitrogens is 2. The number of methoxy groups -OCH3 is 1. The molecule has 2 aromatic heterocycles. The van der Waals surface area contributed by atoms with Gasteiger partial charge in [0.25, 0.3) is 0 Å². The van der Waals surface area contributed by atoms with Crippen LogP contribution in [-0.2, 0) is 4.74 Å². The van der Waals surface area contributed by atoms with Crippen LogP contribution in [0.2, 0.25) is 21.8 Å². The minimum atomic E-state index is -2.18. The van der Waals surface area contributed by atoms with Gasteiger partial charge in [0.2, 0.25) is 0 Å². The van der Waals surface area contributed by atoms with Crippen molar-refractivity contribution in [2.24, 2.45) is 0 Å². The monoisotopic (exact) mass is 621 g/mol. The molecule has 0 aliphatic carbocycles. The van der Waals surface area contributed by atoms with Gasteiger partial charge in [-0.2, -0.15) is 0 Å². The van der Waals surface area contributed by atoms with E-state index in [1.54, 1.807) is 31.5 Å². The largest absolute Gasteiger partial charge is 0.468 e. The van der Waals surface area contributed by atoms with E-state index in [1.807, 2.05) is 6.07 Å². The standard InChI is InChI=1S/C34H38ClF2N3O2Si/c1-20(2)43(21(3)4,22(5)6)14-11-25-29(36)10-9-23-15-24(42-19-41-7)16-27(31(23)25)30-17-26-28(18-38-33(35)32(26)37)34(39-30)40-12-8-13-40/h9-10,15-18,20-22H,8,12-13,19H2,1-7H3. The Morgan fingerprint density at radius 3 is 2.30 bits per heavy atom. The van der Waals surface area contributed by atoms with Crippen LogP contribution < -0.4 is 9.64 Å². The van der Waals surface area contributed by atoms with Crippen molar-refractivity contribution in [1.29, 1.82) is 0 Å². The third-order valence-corrected chi connectivity index (χ3v) is 15.4. The minimum Gasteiger partial charge on any atom is -0.468 e. The van der Waals surface area contributed by atoms with Crippen LogP contribution >= 0.6 is 11.6 Å². The predicted octanol–water partition coefficient (Wildman–Crippen LogP) is 9.14. The number of ether oxygens (including phenoxy) is 2. The first kappa shape index (κ1) is 31.2. The van der Waals surface area contributed by atoms with E-state index in [0.29, 0.717) is 61.2 Å². The fraction of sp³-hybridized carbons (Fsp3) is 0.412.